The third-order valence-corrected chi connectivity index (χ3v) is 2.68. The Morgan fingerprint density at radius 3 is 2.26 bits per heavy atom. The molecule has 4 heteroatoms. The third kappa shape index (κ3) is 4.89. The molecule has 0 aliphatic heterocycles. The van der Waals surface area contributed by atoms with Crippen LogP contribution in [0.25, 0.3) is 0 Å². The summed E-state index contributed by atoms with van der Waals surface area (Å²) in [4.78, 5) is 18.7. The van der Waals surface area contributed by atoms with Crippen molar-refractivity contribution in [3.05, 3.63) is 23.9 Å². The van der Waals surface area contributed by atoms with Crippen LogP contribution in [0.1, 0.15) is 38.2 Å². The summed E-state index contributed by atoms with van der Waals surface area (Å²) in [6.45, 7) is 10.0. The van der Waals surface area contributed by atoms with Crippen LogP contribution in [-0.4, -0.2) is 35.9 Å². The van der Waals surface area contributed by atoms with Gasteiger partial charge in [-0.05, 0) is 24.0 Å². The number of rotatable bonds is 6. The van der Waals surface area contributed by atoms with Crippen molar-refractivity contribution < 1.29 is 4.79 Å². The van der Waals surface area contributed by atoms with Crippen LogP contribution in [0, 0.1) is 11.8 Å². The van der Waals surface area contributed by atoms with Crippen LogP contribution in [0.4, 0.5) is 5.82 Å². The Morgan fingerprint density at radius 1 is 1.21 bits per heavy atom. The minimum absolute atomic E-state index is 0.0134. The van der Waals surface area contributed by atoms with Gasteiger partial charge in [0.2, 0.25) is 0 Å². The van der Waals surface area contributed by atoms with Crippen molar-refractivity contribution in [1.29, 1.82) is 0 Å². The van der Waals surface area contributed by atoms with Gasteiger partial charge in [0.25, 0.3) is 5.91 Å². The fourth-order valence-corrected chi connectivity index (χ4v) is 1.98. The summed E-state index contributed by atoms with van der Waals surface area (Å²) >= 11 is 0. The summed E-state index contributed by atoms with van der Waals surface area (Å²) in [5.41, 5.74) is 0.508. The molecule has 0 fully saturated rings. The number of anilines is 1. The number of amides is 1. The number of hydrogen-bond acceptors (Lipinski definition) is 3. The van der Waals surface area contributed by atoms with E-state index in [9.17, 15) is 4.79 Å². The number of nitrogens with one attached hydrogen (secondary N) is 1. The molecule has 0 saturated heterocycles. The van der Waals surface area contributed by atoms with Crippen molar-refractivity contribution in [2.24, 2.45) is 11.8 Å². The molecule has 1 heterocycles. The predicted molar refractivity (Wildman–Crippen MR) is 79.4 cm³/mol. The molecule has 1 aromatic heterocycles. The third-order valence-electron chi connectivity index (χ3n) is 2.68. The molecular formula is C15H25N3O. The Labute approximate surface area is 116 Å². The zero-order valence-corrected chi connectivity index (χ0v) is 12.6. The Morgan fingerprint density at radius 2 is 1.79 bits per heavy atom. The van der Waals surface area contributed by atoms with E-state index in [0.717, 1.165) is 18.9 Å². The maximum absolute atomic E-state index is 12.5. The van der Waals surface area contributed by atoms with Gasteiger partial charge in [-0.1, -0.05) is 33.8 Å². The van der Waals surface area contributed by atoms with Gasteiger partial charge in [-0.2, -0.15) is 0 Å². The Hall–Kier alpha value is -1.58. The molecule has 19 heavy (non-hydrogen) atoms. The van der Waals surface area contributed by atoms with E-state index < -0.39 is 0 Å². The Bertz CT molecular complexity index is 406. The van der Waals surface area contributed by atoms with Crippen molar-refractivity contribution in [3.8, 4) is 0 Å². The lowest BCUT2D eigenvalue weighted by molar-refractivity contribution is 0.0709. The molecule has 0 bridgehead atoms. The van der Waals surface area contributed by atoms with Gasteiger partial charge in [-0.15, -0.1) is 0 Å². The van der Waals surface area contributed by atoms with E-state index in [-0.39, 0.29) is 5.91 Å². The molecular weight excluding hydrogens is 238 g/mol. The lowest BCUT2D eigenvalue weighted by Gasteiger charge is -2.26. The summed E-state index contributed by atoms with van der Waals surface area (Å²) < 4.78 is 0. The predicted octanol–water partition coefficient (Wildman–Crippen LogP) is 2.88. The normalized spacial score (nSPS) is 10.9. The average molecular weight is 263 g/mol. The minimum Gasteiger partial charge on any atom is -0.373 e. The van der Waals surface area contributed by atoms with Crippen molar-refractivity contribution in [2.45, 2.75) is 27.7 Å². The number of pyridine rings is 1. The van der Waals surface area contributed by atoms with Gasteiger partial charge >= 0.3 is 0 Å². The zero-order valence-electron chi connectivity index (χ0n) is 12.6. The fraction of sp³-hybridized carbons (Fsp3) is 0.600. The number of carbonyl (C=O) groups is 1. The quantitative estimate of drug-likeness (QED) is 0.858. The molecule has 1 N–H and O–H groups in total. The molecule has 0 aliphatic carbocycles. The highest BCUT2D eigenvalue weighted by Crippen LogP contribution is 2.11. The summed E-state index contributed by atoms with van der Waals surface area (Å²) in [6.07, 6.45) is 0. The molecule has 4 nitrogen and oxygen atoms in total. The molecule has 1 aromatic rings. The Kier molecular flexibility index (Phi) is 5.80. The second kappa shape index (κ2) is 7.12. The van der Waals surface area contributed by atoms with Crippen LogP contribution in [-0.2, 0) is 0 Å². The van der Waals surface area contributed by atoms with E-state index in [0.29, 0.717) is 17.5 Å². The fourth-order valence-electron chi connectivity index (χ4n) is 1.98. The van der Waals surface area contributed by atoms with Gasteiger partial charge < -0.3 is 10.2 Å². The van der Waals surface area contributed by atoms with Crippen LogP contribution in [0.15, 0.2) is 18.2 Å². The van der Waals surface area contributed by atoms with Gasteiger partial charge in [-0.3, -0.25) is 4.79 Å². The SMILES string of the molecule is CNc1cccc(C(=O)N(CC(C)C)CC(C)C)n1. The van der Waals surface area contributed by atoms with Crippen LogP contribution < -0.4 is 5.32 Å². The van der Waals surface area contributed by atoms with Gasteiger partial charge in [0.05, 0.1) is 0 Å². The number of nitrogens with zero attached hydrogens (tertiary/aromatic N) is 2. The number of hydrogen-bond donors (Lipinski definition) is 1. The van der Waals surface area contributed by atoms with Crippen LogP contribution >= 0.6 is 0 Å². The van der Waals surface area contributed by atoms with Crippen LogP contribution in [0.2, 0.25) is 0 Å². The molecule has 0 aliphatic rings. The highest BCUT2D eigenvalue weighted by atomic mass is 16.2. The summed E-state index contributed by atoms with van der Waals surface area (Å²) in [7, 11) is 1.80. The van der Waals surface area contributed by atoms with Crippen LogP contribution in [0.3, 0.4) is 0 Å². The lowest BCUT2D eigenvalue weighted by Crippen LogP contribution is -2.37. The van der Waals surface area contributed by atoms with E-state index in [1.54, 1.807) is 13.1 Å². The second-order valence-corrected chi connectivity index (χ2v) is 5.66. The van der Waals surface area contributed by atoms with E-state index in [4.69, 9.17) is 0 Å². The lowest BCUT2D eigenvalue weighted by atomic mass is 10.1. The van der Waals surface area contributed by atoms with Crippen molar-refractivity contribution in [1.82, 2.24) is 9.88 Å². The van der Waals surface area contributed by atoms with E-state index in [1.165, 1.54) is 0 Å². The number of carbonyl (C=O) groups excluding carboxylic acids is 1. The highest BCUT2D eigenvalue weighted by molar-refractivity contribution is 5.92. The van der Waals surface area contributed by atoms with Gasteiger partial charge in [-0.25, -0.2) is 4.98 Å². The standard InChI is InChI=1S/C15H25N3O/c1-11(2)9-18(10-12(3)4)15(19)13-7-6-8-14(16-5)17-13/h6-8,11-12H,9-10H2,1-5H3,(H,16,17). The van der Waals surface area contributed by atoms with Gasteiger partial charge in [0.15, 0.2) is 0 Å². The second-order valence-electron chi connectivity index (χ2n) is 5.66. The minimum atomic E-state index is 0.0134. The Balaban J connectivity index is 2.90. The largest absolute Gasteiger partial charge is 0.373 e. The summed E-state index contributed by atoms with van der Waals surface area (Å²) in [6, 6.07) is 5.48. The van der Waals surface area contributed by atoms with Crippen molar-refractivity contribution >= 4 is 11.7 Å². The van der Waals surface area contributed by atoms with E-state index >= 15 is 0 Å². The molecule has 0 aromatic carbocycles. The zero-order chi connectivity index (χ0) is 14.4. The van der Waals surface area contributed by atoms with Crippen molar-refractivity contribution in [3.63, 3.8) is 0 Å². The molecule has 0 radical (unpaired) electrons. The van der Waals surface area contributed by atoms with E-state index in [2.05, 4.69) is 38.0 Å². The maximum atomic E-state index is 12.5. The van der Waals surface area contributed by atoms with Gasteiger partial charge in [0.1, 0.15) is 11.5 Å². The molecule has 0 saturated carbocycles. The van der Waals surface area contributed by atoms with Gasteiger partial charge in [0, 0.05) is 20.1 Å². The van der Waals surface area contributed by atoms with Crippen molar-refractivity contribution in [2.75, 3.05) is 25.5 Å². The molecule has 1 rings (SSSR count). The molecule has 106 valence electrons. The first-order chi connectivity index (χ1) is 8.93. The first-order valence-electron chi connectivity index (χ1n) is 6.88. The topological polar surface area (TPSA) is 45.2 Å². The van der Waals surface area contributed by atoms with E-state index in [1.807, 2.05) is 17.0 Å². The average Bonchev–Trinajstić information content (AvgIpc) is 2.36. The smallest absolute Gasteiger partial charge is 0.272 e. The number of aromatic nitrogens is 1. The molecule has 1 amide bonds. The monoisotopic (exact) mass is 263 g/mol. The molecule has 0 unspecified atom stereocenters. The first-order valence-corrected chi connectivity index (χ1v) is 6.88. The summed E-state index contributed by atoms with van der Waals surface area (Å²) in [5, 5.41) is 2.96. The highest BCUT2D eigenvalue weighted by Gasteiger charge is 2.19. The molecule has 0 spiro atoms. The molecule has 0 atom stereocenters. The first kappa shape index (κ1) is 15.5. The summed E-state index contributed by atoms with van der Waals surface area (Å²) in [5.74, 6) is 1.64. The van der Waals surface area contributed by atoms with Crippen LogP contribution in [0.5, 0.6) is 0 Å². The maximum Gasteiger partial charge on any atom is 0.272 e.